The topological polar surface area (TPSA) is 36.6 Å². The zero-order chi connectivity index (χ0) is 14.4. The van der Waals surface area contributed by atoms with Gasteiger partial charge in [0.15, 0.2) is 0 Å². The summed E-state index contributed by atoms with van der Waals surface area (Å²) in [5.74, 6) is 0.946. The van der Waals surface area contributed by atoms with Gasteiger partial charge in [-0.3, -0.25) is 4.90 Å². The van der Waals surface area contributed by atoms with Gasteiger partial charge in [-0.05, 0) is 37.6 Å². The molecule has 0 aliphatic carbocycles. The van der Waals surface area contributed by atoms with E-state index in [9.17, 15) is 5.11 Å². The van der Waals surface area contributed by atoms with Crippen molar-refractivity contribution in [1.29, 1.82) is 0 Å². The van der Waals surface area contributed by atoms with E-state index in [0.29, 0.717) is 6.54 Å². The molecule has 1 N–H and O–H groups in total. The Hall–Kier alpha value is -1.10. The Morgan fingerprint density at radius 2 is 2.15 bits per heavy atom. The molecule has 0 saturated heterocycles. The summed E-state index contributed by atoms with van der Waals surface area (Å²) in [5.41, 5.74) is 0. The fraction of sp³-hybridized carbons (Fsp3) is 0.500. The molecule has 2 rings (SSSR count). The van der Waals surface area contributed by atoms with Crippen molar-refractivity contribution in [1.82, 2.24) is 4.90 Å². The lowest BCUT2D eigenvalue weighted by molar-refractivity contribution is 0.0938. The molecule has 1 atom stereocenters. The number of aliphatic hydroxyl groups is 1. The molecule has 110 valence electrons. The van der Waals surface area contributed by atoms with E-state index in [-0.39, 0.29) is 6.10 Å². The monoisotopic (exact) mass is 293 g/mol. The number of nitrogens with zero attached hydrogens (tertiary/aromatic N) is 1. The van der Waals surface area contributed by atoms with E-state index in [4.69, 9.17) is 4.42 Å². The minimum Gasteiger partial charge on any atom is -0.468 e. The molecule has 3 nitrogen and oxygen atoms in total. The maximum absolute atomic E-state index is 10.1. The first kappa shape index (κ1) is 15.3. The number of hydrogen-bond acceptors (Lipinski definition) is 4. The van der Waals surface area contributed by atoms with E-state index >= 15 is 0 Å². The van der Waals surface area contributed by atoms with E-state index in [2.05, 4.69) is 30.9 Å². The molecule has 0 radical (unpaired) electrons. The van der Waals surface area contributed by atoms with Crippen LogP contribution >= 0.6 is 11.3 Å². The zero-order valence-corrected chi connectivity index (χ0v) is 13.0. The lowest BCUT2D eigenvalue weighted by Crippen LogP contribution is -2.31. The predicted molar refractivity (Wildman–Crippen MR) is 82.8 cm³/mol. The predicted octanol–water partition coefficient (Wildman–Crippen LogP) is 3.81. The van der Waals surface area contributed by atoms with E-state index < -0.39 is 0 Å². The van der Waals surface area contributed by atoms with Crippen molar-refractivity contribution in [3.05, 3.63) is 46.0 Å². The Balaban J connectivity index is 1.98. The second-order valence-corrected chi connectivity index (χ2v) is 6.58. The van der Waals surface area contributed by atoms with Crippen molar-refractivity contribution in [2.24, 2.45) is 0 Å². The Morgan fingerprint density at radius 3 is 2.75 bits per heavy atom. The van der Waals surface area contributed by atoms with Crippen molar-refractivity contribution in [2.75, 3.05) is 6.54 Å². The van der Waals surface area contributed by atoms with Crippen LogP contribution < -0.4 is 0 Å². The van der Waals surface area contributed by atoms with Crippen LogP contribution in [0.1, 0.15) is 35.3 Å². The standard InChI is InChI=1S/C16H23NO2S/c1-3-5-14(18)10-17(11-15-6-4-9-19-15)12-16-8-7-13(2)20-16/h4,6-9,14,18H,3,5,10-12H2,1-2H3/t14-/m0/s1. The molecule has 0 aromatic carbocycles. The molecular weight excluding hydrogens is 270 g/mol. The maximum atomic E-state index is 10.1. The molecular formula is C16H23NO2S. The zero-order valence-electron chi connectivity index (χ0n) is 12.2. The van der Waals surface area contributed by atoms with Crippen LogP contribution in [-0.4, -0.2) is 22.7 Å². The summed E-state index contributed by atoms with van der Waals surface area (Å²) in [6, 6.07) is 8.21. The lowest BCUT2D eigenvalue weighted by Gasteiger charge is -2.23. The van der Waals surface area contributed by atoms with Gasteiger partial charge in [0.1, 0.15) is 5.76 Å². The van der Waals surface area contributed by atoms with Crippen LogP contribution in [0.4, 0.5) is 0 Å². The van der Waals surface area contributed by atoms with Gasteiger partial charge in [-0.15, -0.1) is 11.3 Å². The van der Waals surface area contributed by atoms with E-state index in [0.717, 1.165) is 31.7 Å². The van der Waals surface area contributed by atoms with Crippen molar-refractivity contribution < 1.29 is 9.52 Å². The summed E-state index contributed by atoms with van der Waals surface area (Å²) < 4.78 is 5.43. The molecule has 0 saturated carbocycles. The van der Waals surface area contributed by atoms with Crippen LogP contribution in [0.3, 0.4) is 0 Å². The molecule has 0 fully saturated rings. The van der Waals surface area contributed by atoms with Crippen molar-refractivity contribution >= 4 is 11.3 Å². The molecule has 2 heterocycles. The first-order valence-corrected chi connectivity index (χ1v) is 7.97. The highest BCUT2D eigenvalue weighted by Crippen LogP contribution is 2.19. The highest BCUT2D eigenvalue weighted by molar-refractivity contribution is 7.11. The van der Waals surface area contributed by atoms with Gasteiger partial charge in [0.05, 0.1) is 18.9 Å². The third kappa shape index (κ3) is 4.78. The lowest BCUT2D eigenvalue weighted by atomic mass is 10.2. The van der Waals surface area contributed by atoms with Crippen molar-refractivity contribution in [2.45, 2.75) is 45.9 Å². The molecule has 4 heteroatoms. The van der Waals surface area contributed by atoms with E-state index in [1.165, 1.54) is 9.75 Å². The largest absolute Gasteiger partial charge is 0.468 e. The van der Waals surface area contributed by atoms with Crippen LogP contribution in [0.25, 0.3) is 0 Å². The summed E-state index contributed by atoms with van der Waals surface area (Å²) >= 11 is 1.82. The number of hydrogen-bond donors (Lipinski definition) is 1. The van der Waals surface area contributed by atoms with Gasteiger partial charge in [-0.2, -0.15) is 0 Å². The van der Waals surface area contributed by atoms with Crippen molar-refractivity contribution in [3.8, 4) is 0 Å². The van der Waals surface area contributed by atoms with Gasteiger partial charge in [-0.25, -0.2) is 0 Å². The minimum atomic E-state index is -0.268. The third-order valence-corrected chi connectivity index (χ3v) is 4.21. The van der Waals surface area contributed by atoms with E-state index in [1.807, 2.05) is 23.5 Å². The Labute approximate surface area is 124 Å². The highest BCUT2D eigenvalue weighted by Gasteiger charge is 2.14. The molecule has 2 aromatic rings. The van der Waals surface area contributed by atoms with Gasteiger partial charge < -0.3 is 9.52 Å². The highest BCUT2D eigenvalue weighted by atomic mass is 32.1. The van der Waals surface area contributed by atoms with Crippen molar-refractivity contribution in [3.63, 3.8) is 0 Å². The Morgan fingerprint density at radius 1 is 1.30 bits per heavy atom. The number of aliphatic hydroxyl groups excluding tert-OH is 1. The molecule has 0 amide bonds. The number of furan rings is 1. The van der Waals surface area contributed by atoms with Crippen LogP contribution in [0.15, 0.2) is 34.9 Å². The summed E-state index contributed by atoms with van der Waals surface area (Å²) in [5, 5.41) is 10.1. The van der Waals surface area contributed by atoms with Crippen LogP contribution in [-0.2, 0) is 13.1 Å². The van der Waals surface area contributed by atoms with E-state index in [1.54, 1.807) is 6.26 Å². The van der Waals surface area contributed by atoms with Gasteiger partial charge >= 0.3 is 0 Å². The molecule has 0 spiro atoms. The second-order valence-electron chi connectivity index (χ2n) is 5.20. The minimum absolute atomic E-state index is 0.268. The summed E-state index contributed by atoms with van der Waals surface area (Å²) in [4.78, 5) is 4.91. The third-order valence-electron chi connectivity index (χ3n) is 3.23. The molecule has 2 aromatic heterocycles. The quantitative estimate of drug-likeness (QED) is 0.804. The van der Waals surface area contributed by atoms with Crippen LogP contribution in [0.5, 0.6) is 0 Å². The Kier molecular flexibility index (Phi) is 5.83. The maximum Gasteiger partial charge on any atom is 0.117 e. The first-order chi connectivity index (χ1) is 9.67. The fourth-order valence-electron chi connectivity index (χ4n) is 2.32. The van der Waals surface area contributed by atoms with Crippen LogP contribution in [0, 0.1) is 6.92 Å². The molecule has 0 aliphatic rings. The molecule has 0 aliphatic heterocycles. The van der Waals surface area contributed by atoms with Gasteiger partial charge in [0.2, 0.25) is 0 Å². The number of aryl methyl sites for hydroxylation is 1. The fourth-order valence-corrected chi connectivity index (χ4v) is 3.25. The summed E-state index contributed by atoms with van der Waals surface area (Å²) in [6.45, 7) is 6.51. The first-order valence-electron chi connectivity index (χ1n) is 7.15. The average molecular weight is 293 g/mol. The van der Waals surface area contributed by atoms with Gasteiger partial charge in [-0.1, -0.05) is 13.3 Å². The Bertz CT molecular complexity index is 492. The molecule has 20 heavy (non-hydrogen) atoms. The summed E-state index contributed by atoms with van der Waals surface area (Å²) in [6.07, 6.45) is 3.29. The molecule has 0 bridgehead atoms. The smallest absolute Gasteiger partial charge is 0.117 e. The SMILES string of the molecule is CCC[C@H](O)CN(Cc1ccco1)Cc1ccc(C)s1. The molecule has 0 unspecified atom stereocenters. The van der Waals surface area contributed by atoms with Gasteiger partial charge in [0.25, 0.3) is 0 Å². The van der Waals surface area contributed by atoms with Gasteiger partial charge in [0, 0.05) is 22.8 Å². The normalized spacial score (nSPS) is 13.0. The average Bonchev–Trinajstić information content (AvgIpc) is 3.01. The summed E-state index contributed by atoms with van der Waals surface area (Å²) in [7, 11) is 0. The number of thiophene rings is 1. The second kappa shape index (κ2) is 7.62. The number of rotatable bonds is 8. The van der Waals surface area contributed by atoms with Crippen LogP contribution in [0.2, 0.25) is 0 Å².